The van der Waals surface area contributed by atoms with Gasteiger partial charge in [-0.3, -0.25) is 0 Å². The van der Waals surface area contributed by atoms with Crippen molar-refractivity contribution in [1.29, 1.82) is 0 Å². The SMILES string of the molecule is CCCCOCCN1CCC(NCCC)C(C)C1. The van der Waals surface area contributed by atoms with Gasteiger partial charge in [-0.2, -0.15) is 0 Å². The van der Waals surface area contributed by atoms with Crippen molar-refractivity contribution in [3.8, 4) is 0 Å². The molecule has 1 aliphatic heterocycles. The minimum atomic E-state index is 0.724. The molecular formula is C15H32N2O. The van der Waals surface area contributed by atoms with Gasteiger partial charge in [-0.1, -0.05) is 27.2 Å². The molecule has 3 heteroatoms. The summed E-state index contributed by atoms with van der Waals surface area (Å²) < 4.78 is 5.65. The predicted octanol–water partition coefficient (Wildman–Crippen LogP) is 2.51. The lowest BCUT2D eigenvalue weighted by atomic mass is 9.94. The van der Waals surface area contributed by atoms with E-state index < -0.39 is 0 Å². The van der Waals surface area contributed by atoms with Gasteiger partial charge in [-0.05, 0) is 38.3 Å². The van der Waals surface area contributed by atoms with E-state index in [9.17, 15) is 0 Å². The zero-order valence-corrected chi connectivity index (χ0v) is 12.6. The van der Waals surface area contributed by atoms with Crippen LogP contribution in [-0.4, -0.2) is 50.3 Å². The molecule has 1 N–H and O–H groups in total. The first-order valence-electron chi connectivity index (χ1n) is 7.81. The second-order valence-electron chi connectivity index (χ2n) is 5.59. The second-order valence-corrected chi connectivity index (χ2v) is 5.59. The molecule has 1 aliphatic rings. The molecule has 0 radical (unpaired) electrons. The number of hydrogen-bond acceptors (Lipinski definition) is 3. The van der Waals surface area contributed by atoms with Crippen molar-refractivity contribution in [1.82, 2.24) is 10.2 Å². The van der Waals surface area contributed by atoms with Crippen molar-refractivity contribution in [3.05, 3.63) is 0 Å². The van der Waals surface area contributed by atoms with Gasteiger partial charge in [0.2, 0.25) is 0 Å². The lowest BCUT2D eigenvalue weighted by Crippen LogP contribution is -2.49. The number of nitrogens with zero attached hydrogens (tertiary/aromatic N) is 1. The number of hydrogen-bond donors (Lipinski definition) is 1. The molecule has 2 atom stereocenters. The molecule has 18 heavy (non-hydrogen) atoms. The van der Waals surface area contributed by atoms with E-state index in [1.54, 1.807) is 0 Å². The third kappa shape index (κ3) is 6.17. The van der Waals surface area contributed by atoms with Crippen LogP contribution in [-0.2, 0) is 4.74 Å². The van der Waals surface area contributed by atoms with Crippen molar-refractivity contribution in [2.75, 3.05) is 39.4 Å². The Hall–Kier alpha value is -0.120. The molecule has 3 nitrogen and oxygen atoms in total. The topological polar surface area (TPSA) is 24.5 Å². The van der Waals surface area contributed by atoms with E-state index >= 15 is 0 Å². The Morgan fingerprint density at radius 2 is 2.06 bits per heavy atom. The minimum Gasteiger partial charge on any atom is -0.380 e. The molecule has 0 spiro atoms. The molecule has 0 bridgehead atoms. The average Bonchev–Trinajstić information content (AvgIpc) is 2.37. The van der Waals surface area contributed by atoms with Gasteiger partial charge in [0, 0.05) is 25.7 Å². The fraction of sp³-hybridized carbons (Fsp3) is 1.00. The lowest BCUT2D eigenvalue weighted by Gasteiger charge is -2.37. The summed E-state index contributed by atoms with van der Waals surface area (Å²) in [5.41, 5.74) is 0. The fourth-order valence-corrected chi connectivity index (χ4v) is 2.61. The summed E-state index contributed by atoms with van der Waals surface area (Å²) in [7, 11) is 0. The Balaban J connectivity index is 2.08. The Labute approximate surface area is 113 Å². The van der Waals surface area contributed by atoms with E-state index in [4.69, 9.17) is 4.74 Å². The number of nitrogens with one attached hydrogen (secondary N) is 1. The summed E-state index contributed by atoms with van der Waals surface area (Å²) in [6.45, 7) is 13.4. The maximum Gasteiger partial charge on any atom is 0.0593 e. The first-order valence-corrected chi connectivity index (χ1v) is 7.81. The largest absolute Gasteiger partial charge is 0.380 e. The van der Waals surface area contributed by atoms with E-state index in [2.05, 4.69) is 31.0 Å². The van der Waals surface area contributed by atoms with Crippen molar-refractivity contribution in [3.63, 3.8) is 0 Å². The summed E-state index contributed by atoms with van der Waals surface area (Å²) in [4.78, 5) is 2.56. The van der Waals surface area contributed by atoms with Crippen LogP contribution in [0.15, 0.2) is 0 Å². The Bertz CT molecular complexity index is 197. The zero-order valence-electron chi connectivity index (χ0n) is 12.6. The molecule has 0 saturated carbocycles. The molecule has 1 fully saturated rings. The van der Waals surface area contributed by atoms with E-state index in [1.807, 2.05) is 0 Å². The first-order chi connectivity index (χ1) is 8.77. The Kier molecular flexibility index (Phi) is 8.64. The zero-order chi connectivity index (χ0) is 13.2. The Morgan fingerprint density at radius 3 is 2.72 bits per heavy atom. The highest BCUT2D eigenvalue weighted by molar-refractivity contribution is 4.82. The van der Waals surface area contributed by atoms with Crippen LogP contribution in [0.1, 0.15) is 46.5 Å². The molecule has 0 aromatic rings. The maximum absolute atomic E-state index is 5.65. The molecule has 0 amide bonds. The molecule has 1 saturated heterocycles. The number of unbranched alkanes of at least 4 members (excludes halogenated alkanes) is 1. The van der Waals surface area contributed by atoms with Gasteiger partial charge in [-0.25, -0.2) is 0 Å². The summed E-state index contributed by atoms with van der Waals surface area (Å²) >= 11 is 0. The number of likely N-dealkylation sites (tertiary alicyclic amines) is 1. The molecule has 0 aromatic heterocycles. The molecule has 0 aliphatic carbocycles. The summed E-state index contributed by atoms with van der Waals surface area (Å²) in [5, 5.41) is 3.67. The van der Waals surface area contributed by atoms with Crippen molar-refractivity contribution in [2.45, 2.75) is 52.5 Å². The van der Waals surface area contributed by atoms with E-state index in [0.29, 0.717) is 0 Å². The highest BCUT2D eigenvalue weighted by Crippen LogP contribution is 2.16. The van der Waals surface area contributed by atoms with Crippen LogP contribution in [0.2, 0.25) is 0 Å². The highest BCUT2D eigenvalue weighted by atomic mass is 16.5. The van der Waals surface area contributed by atoms with Gasteiger partial charge < -0.3 is 15.0 Å². The van der Waals surface area contributed by atoms with Gasteiger partial charge in [-0.15, -0.1) is 0 Å². The van der Waals surface area contributed by atoms with Gasteiger partial charge >= 0.3 is 0 Å². The number of ether oxygens (including phenoxy) is 1. The van der Waals surface area contributed by atoms with Gasteiger partial charge in [0.1, 0.15) is 0 Å². The van der Waals surface area contributed by atoms with Crippen LogP contribution in [0.3, 0.4) is 0 Å². The minimum absolute atomic E-state index is 0.724. The maximum atomic E-state index is 5.65. The van der Waals surface area contributed by atoms with Gasteiger partial charge in [0.25, 0.3) is 0 Å². The highest BCUT2D eigenvalue weighted by Gasteiger charge is 2.24. The second kappa shape index (κ2) is 9.76. The Morgan fingerprint density at radius 1 is 1.22 bits per heavy atom. The monoisotopic (exact) mass is 256 g/mol. The van der Waals surface area contributed by atoms with E-state index in [-0.39, 0.29) is 0 Å². The summed E-state index contributed by atoms with van der Waals surface area (Å²) in [6, 6.07) is 0.724. The van der Waals surface area contributed by atoms with Crippen LogP contribution in [0.25, 0.3) is 0 Å². The predicted molar refractivity (Wildman–Crippen MR) is 78.0 cm³/mol. The van der Waals surface area contributed by atoms with Crippen LogP contribution in [0.5, 0.6) is 0 Å². The quantitative estimate of drug-likeness (QED) is 0.642. The lowest BCUT2D eigenvalue weighted by molar-refractivity contribution is 0.0767. The first kappa shape index (κ1) is 15.9. The number of piperidine rings is 1. The van der Waals surface area contributed by atoms with E-state index in [0.717, 1.165) is 38.3 Å². The van der Waals surface area contributed by atoms with Crippen LogP contribution < -0.4 is 5.32 Å². The molecule has 2 unspecified atom stereocenters. The van der Waals surface area contributed by atoms with Crippen LogP contribution in [0, 0.1) is 5.92 Å². The third-order valence-corrected chi connectivity index (χ3v) is 3.84. The van der Waals surface area contributed by atoms with Crippen molar-refractivity contribution in [2.24, 2.45) is 5.92 Å². The standard InChI is InChI=1S/C15H32N2O/c1-4-6-11-18-12-10-17-9-7-15(14(3)13-17)16-8-5-2/h14-16H,4-13H2,1-3H3. The normalized spacial score (nSPS) is 25.5. The fourth-order valence-electron chi connectivity index (χ4n) is 2.61. The van der Waals surface area contributed by atoms with Crippen molar-refractivity contribution >= 4 is 0 Å². The van der Waals surface area contributed by atoms with Gasteiger partial charge in [0.15, 0.2) is 0 Å². The summed E-state index contributed by atoms with van der Waals surface area (Å²) in [5.74, 6) is 0.765. The molecule has 108 valence electrons. The van der Waals surface area contributed by atoms with Crippen LogP contribution >= 0.6 is 0 Å². The van der Waals surface area contributed by atoms with Gasteiger partial charge in [0.05, 0.1) is 6.61 Å². The van der Waals surface area contributed by atoms with E-state index in [1.165, 1.54) is 38.8 Å². The molecule has 1 heterocycles. The smallest absolute Gasteiger partial charge is 0.0593 e. The number of rotatable bonds is 9. The van der Waals surface area contributed by atoms with Crippen molar-refractivity contribution < 1.29 is 4.74 Å². The summed E-state index contributed by atoms with van der Waals surface area (Å²) in [6.07, 6.45) is 4.94. The molecule has 1 rings (SSSR count). The average molecular weight is 256 g/mol. The molecular weight excluding hydrogens is 224 g/mol. The molecule has 0 aromatic carbocycles. The van der Waals surface area contributed by atoms with Crippen LogP contribution in [0.4, 0.5) is 0 Å². The third-order valence-electron chi connectivity index (χ3n) is 3.84.